The lowest BCUT2D eigenvalue weighted by Crippen LogP contribution is -2.49. The summed E-state index contributed by atoms with van der Waals surface area (Å²) in [4.78, 5) is 35.2. The van der Waals surface area contributed by atoms with Gasteiger partial charge in [0.15, 0.2) is 11.6 Å². The number of morpholine rings is 1. The molecule has 0 bridgehead atoms. The van der Waals surface area contributed by atoms with E-state index in [4.69, 9.17) is 10.1 Å². The van der Waals surface area contributed by atoms with Gasteiger partial charge < -0.3 is 20.0 Å². The van der Waals surface area contributed by atoms with Crippen molar-refractivity contribution in [2.24, 2.45) is 0 Å². The summed E-state index contributed by atoms with van der Waals surface area (Å²) in [6.07, 6.45) is 3.42. The number of Topliss-reactive ketones (excluding diaryl/α,β-unsaturated/α-hetero) is 1. The Kier molecular flexibility index (Phi) is 5.81. The number of H-pyrrole nitrogens is 1. The van der Waals surface area contributed by atoms with Crippen molar-refractivity contribution in [3.05, 3.63) is 63.8 Å². The van der Waals surface area contributed by atoms with E-state index in [9.17, 15) is 9.59 Å². The largest absolute Gasteiger partial charge is 0.379 e. The van der Waals surface area contributed by atoms with Crippen LogP contribution >= 0.6 is 0 Å². The minimum Gasteiger partial charge on any atom is -0.379 e. The number of carbonyl (C=O) groups excluding carboxylic acids is 2. The van der Waals surface area contributed by atoms with E-state index >= 15 is 0 Å². The number of hydrogen-bond acceptors (Lipinski definition) is 6. The van der Waals surface area contributed by atoms with Crippen LogP contribution in [0.5, 0.6) is 0 Å². The second-order valence-corrected chi connectivity index (χ2v) is 11.1. The number of nitrogens with one attached hydrogen (secondary N) is 2. The number of anilines is 1. The Bertz CT molecular complexity index is 1420. The molecule has 2 saturated heterocycles. The maximum Gasteiger partial charge on any atom is 0.195 e. The van der Waals surface area contributed by atoms with E-state index in [0.29, 0.717) is 22.7 Å². The summed E-state index contributed by atoms with van der Waals surface area (Å²) in [6.45, 7) is 11.3. The molecule has 0 unspecified atom stereocenters. The third kappa shape index (κ3) is 3.83. The fourth-order valence-electron chi connectivity index (χ4n) is 6.53. The molecule has 0 amide bonds. The van der Waals surface area contributed by atoms with Crippen molar-refractivity contribution >= 4 is 34.4 Å². The molecule has 7 nitrogen and oxygen atoms in total. The van der Waals surface area contributed by atoms with Gasteiger partial charge in [0.1, 0.15) is 0 Å². The fourth-order valence-corrected chi connectivity index (χ4v) is 6.53. The number of rotatable bonds is 4. The van der Waals surface area contributed by atoms with E-state index in [1.165, 1.54) is 6.21 Å². The van der Waals surface area contributed by atoms with Gasteiger partial charge in [0.25, 0.3) is 0 Å². The second-order valence-electron chi connectivity index (χ2n) is 11.1. The monoisotopic (exact) mass is 498 g/mol. The molecule has 1 aromatic heterocycles. The van der Waals surface area contributed by atoms with Crippen molar-refractivity contribution in [2.75, 3.05) is 44.3 Å². The van der Waals surface area contributed by atoms with Crippen LogP contribution in [0.25, 0.3) is 10.9 Å². The van der Waals surface area contributed by atoms with Gasteiger partial charge in [-0.15, -0.1) is 0 Å². The van der Waals surface area contributed by atoms with Gasteiger partial charge in [0, 0.05) is 77.3 Å². The fraction of sp³-hybridized carbons (Fsp3) is 0.433. The van der Waals surface area contributed by atoms with E-state index < -0.39 is 5.41 Å². The van der Waals surface area contributed by atoms with Crippen LogP contribution in [0.3, 0.4) is 0 Å². The van der Waals surface area contributed by atoms with Crippen LogP contribution < -0.4 is 4.90 Å². The van der Waals surface area contributed by atoms with Crippen LogP contribution in [0.1, 0.15) is 76.7 Å². The Morgan fingerprint density at radius 1 is 1.11 bits per heavy atom. The smallest absolute Gasteiger partial charge is 0.195 e. The highest BCUT2D eigenvalue weighted by atomic mass is 16.5. The second kappa shape index (κ2) is 8.92. The summed E-state index contributed by atoms with van der Waals surface area (Å²) < 4.78 is 5.53. The zero-order valence-electron chi connectivity index (χ0n) is 21.8. The molecule has 0 saturated carbocycles. The molecule has 37 heavy (non-hydrogen) atoms. The number of aromatic nitrogens is 1. The van der Waals surface area contributed by atoms with Crippen molar-refractivity contribution in [1.29, 1.82) is 5.41 Å². The van der Waals surface area contributed by atoms with Gasteiger partial charge in [-0.1, -0.05) is 26.0 Å². The normalized spacial score (nSPS) is 20.1. The molecule has 0 spiro atoms. The van der Waals surface area contributed by atoms with Crippen molar-refractivity contribution < 1.29 is 14.3 Å². The first-order valence-electron chi connectivity index (χ1n) is 13.3. The predicted molar refractivity (Wildman–Crippen MR) is 146 cm³/mol. The van der Waals surface area contributed by atoms with Crippen molar-refractivity contribution in [3.63, 3.8) is 0 Å². The number of piperidine rings is 1. The van der Waals surface area contributed by atoms with Gasteiger partial charge >= 0.3 is 0 Å². The molecule has 192 valence electrons. The average Bonchev–Trinajstić information content (AvgIpc) is 3.32. The zero-order valence-corrected chi connectivity index (χ0v) is 21.8. The number of carbonyl (C=O) groups is 2. The first-order valence-corrected chi connectivity index (χ1v) is 13.3. The summed E-state index contributed by atoms with van der Waals surface area (Å²) in [5.41, 5.74) is 5.92. The number of ketones is 2. The highest BCUT2D eigenvalue weighted by Crippen LogP contribution is 2.46. The quantitative estimate of drug-likeness (QED) is 0.407. The summed E-state index contributed by atoms with van der Waals surface area (Å²) in [5, 5.41) is 8.47. The molecule has 0 radical (unpaired) electrons. The van der Waals surface area contributed by atoms with E-state index in [0.717, 1.165) is 85.6 Å². The Hall–Kier alpha value is -3.29. The van der Waals surface area contributed by atoms with E-state index in [2.05, 4.69) is 34.7 Å². The number of benzene rings is 2. The molecular weight excluding hydrogens is 464 g/mol. The molecule has 2 aromatic carbocycles. The maximum absolute atomic E-state index is 13.9. The van der Waals surface area contributed by atoms with Gasteiger partial charge in [-0.2, -0.15) is 0 Å². The summed E-state index contributed by atoms with van der Waals surface area (Å²) in [7, 11) is 0. The topological polar surface area (TPSA) is 89.5 Å². The maximum atomic E-state index is 13.9. The van der Waals surface area contributed by atoms with Crippen LogP contribution in [-0.2, 0) is 10.2 Å². The Balaban J connectivity index is 1.40. The first kappa shape index (κ1) is 24.1. The number of hydrogen-bond donors (Lipinski definition) is 2. The summed E-state index contributed by atoms with van der Waals surface area (Å²) in [6, 6.07) is 10.2. The molecule has 2 N–H and O–H groups in total. The van der Waals surface area contributed by atoms with Crippen LogP contribution in [0.4, 0.5) is 5.69 Å². The molecule has 1 aliphatic carbocycles. The average molecular weight is 499 g/mol. The molecule has 6 rings (SSSR count). The number of fused-ring (bicyclic) bond motifs is 4. The van der Waals surface area contributed by atoms with Crippen molar-refractivity contribution in [2.45, 2.75) is 45.1 Å². The molecular formula is C30H34N4O3. The number of aromatic amines is 1. The van der Waals surface area contributed by atoms with Gasteiger partial charge in [0.05, 0.1) is 18.8 Å². The highest BCUT2D eigenvalue weighted by Gasteiger charge is 2.41. The highest BCUT2D eigenvalue weighted by molar-refractivity contribution is 6.21. The third-order valence-corrected chi connectivity index (χ3v) is 8.64. The summed E-state index contributed by atoms with van der Waals surface area (Å²) in [5.74, 6) is -0.0580. The standard InChI is InChI=1S/C30H34N4O3/c1-18(35)22-15-23-24(16-26(22)34-8-6-20(7-9-34)33-10-12-37-13-11-33)30(2,3)29-27(28(23)36)21-5-4-19(17-31)14-25(21)32-29/h4-5,14-17,20,31-32H,6-13H2,1-3H3. The van der Waals surface area contributed by atoms with Gasteiger partial charge in [0.2, 0.25) is 0 Å². The predicted octanol–water partition coefficient (Wildman–Crippen LogP) is 4.54. The Labute approximate surface area is 217 Å². The number of nitrogens with zero attached hydrogens (tertiary/aromatic N) is 2. The van der Waals surface area contributed by atoms with Crippen molar-refractivity contribution in [1.82, 2.24) is 9.88 Å². The van der Waals surface area contributed by atoms with Gasteiger partial charge in [-0.05, 0) is 49.1 Å². The van der Waals surface area contributed by atoms with E-state index in [-0.39, 0.29) is 11.6 Å². The molecule has 3 aliphatic rings. The first-order chi connectivity index (χ1) is 17.8. The zero-order chi connectivity index (χ0) is 25.9. The van der Waals surface area contributed by atoms with Crippen LogP contribution in [0.15, 0.2) is 30.3 Å². The lowest BCUT2D eigenvalue weighted by Gasteiger charge is -2.42. The minimum absolute atomic E-state index is 0.0148. The van der Waals surface area contributed by atoms with Crippen LogP contribution in [0.2, 0.25) is 0 Å². The van der Waals surface area contributed by atoms with Crippen molar-refractivity contribution in [3.8, 4) is 0 Å². The van der Waals surface area contributed by atoms with E-state index in [1.54, 1.807) is 6.92 Å². The summed E-state index contributed by atoms with van der Waals surface area (Å²) >= 11 is 0. The third-order valence-electron chi connectivity index (χ3n) is 8.64. The van der Waals surface area contributed by atoms with E-state index in [1.807, 2.05) is 24.3 Å². The molecule has 2 fully saturated rings. The van der Waals surface area contributed by atoms with Crippen LogP contribution in [-0.4, -0.2) is 73.1 Å². The minimum atomic E-state index is -0.446. The SMILES string of the molecule is CC(=O)c1cc2c(cc1N1CCC(N3CCOCC3)CC1)C(C)(C)c1[nH]c3cc(C=N)ccc3c1C2=O. The lowest BCUT2D eigenvalue weighted by molar-refractivity contribution is 0.0115. The van der Waals surface area contributed by atoms with Gasteiger partial charge in [-0.3, -0.25) is 14.5 Å². The molecule has 3 heterocycles. The van der Waals surface area contributed by atoms with Gasteiger partial charge in [-0.25, -0.2) is 0 Å². The molecule has 0 atom stereocenters. The van der Waals surface area contributed by atoms with Crippen LogP contribution in [0, 0.1) is 5.41 Å². The molecule has 3 aromatic rings. The molecule has 7 heteroatoms. The number of ether oxygens (including phenoxy) is 1. The molecule has 2 aliphatic heterocycles. The lowest BCUT2D eigenvalue weighted by atomic mass is 9.70. The Morgan fingerprint density at radius 2 is 1.84 bits per heavy atom. The Morgan fingerprint density at radius 3 is 2.51 bits per heavy atom.